The molecule has 0 aromatic rings. The maximum absolute atomic E-state index is 4.16. The maximum Gasteiger partial charge on any atom is 0.0241 e. The minimum Gasteiger partial charge on any atom is -0.103 e. The fraction of sp³-hybridized carbons (Fsp3) is 0.600. The van der Waals surface area contributed by atoms with E-state index >= 15 is 0 Å². The van der Waals surface area contributed by atoms with Crippen LogP contribution < -0.4 is 0 Å². The van der Waals surface area contributed by atoms with Crippen molar-refractivity contribution in [3.05, 3.63) is 36.0 Å². The van der Waals surface area contributed by atoms with Crippen LogP contribution in [0.5, 0.6) is 0 Å². The van der Waals surface area contributed by atoms with Gasteiger partial charge in [0.25, 0.3) is 0 Å². The Labute approximate surface area is 109 Å². The van der Waals surface area contributed by atoms with Gasteiger partial charge < -0.3 is 0 Å². The number of alkyl halides is 1. The van der Waals surface area contributed by atoms with Crippen LogP contribution in [0.2, 0.25) is 0 Å². The highest BCUT2D eigenvalue weighted by Crippen LogP contribution is 2.47. The lowest BCUT2D eigenvalue weighted by atomic mass is 9.63. The van der Waals surface area contributed by atoms with Crippen molar-refractivity contribution in [3.8, 4) is 0 Å². The summed E-state index contributed by atoms with van der Waals surface area (Å²) in [6.45, 7) is 14.9. The molecule has 0 bridgehead atoms. The Morgan fingerprint density at radius 1 is 1.56 bits per heavy atom. The monoisotopic (exact) mass is 282 g/mol. The molecule has 1 heteroatoms. The van der Waals surface area contributed by atoms with E-state index in [-0.39, 0.29) is 5.41 Å². The molecule has 0 aromatic carbocycles. The van der Waals surface area contributed by atoms with Gasteiger partial charge in [0.2, 0.25) is 0 Å². The average Bonchev–Trinajstić information content (AvgIpc) is 2.28. The van der Waals surface area contributed by atoms with E-state index in [4.69, 9.17) is 0 Å². The van der Waals surface area contributed by atoms with E-state index in [1.807, 2.05) is 0 Å². The predicted molar refractivity (Wildman–Crippen MR) is 77.0 cm³/mol. The Hall–Kier alpha value is -0.300. The van der Waals surface area contributed by atoms with E-state index < -0.39 is 0 Å². The van der Waals surface area contributed by atoms with Crippen molar-refractivity contribution in [3.63, 3.8) is 0 Å². The Morgan fingerprint density at radius 3 is 2.62 bits per heavy atom. The minimum absolute atomic E-state index is 0.238. The molecule has 0 radical (unpaired) electrons. The lowest BCUT2D eigenvalue weighted by molar-refractivity contribution is 0.239. The normalized spacial score (nSPS) is 33.4. The Bertz CT molecular complexity index is 324. The molecular formula is C15H23Br. The first kappa shape index (κ1) is 13.8. The van der Waals surface area contributed by atoms with Crippen molar-refractivity contribution in [1.29, 1.82) is 0 Å². The highest BCUT2D eigenvalue weighted by Gasteiger charge is 2.36. The molecule has 0 aromatic heterocycles. The second-order valence-electron chi connectivity index (χ2n) is 5.33. The molecule has 2 atom stereocenters. The standard InChI is InChI=1S/C15H23Br/c1-6-15(5)8-7-13(12(4)10-16)9-14(15)11(2)3/h6,14H,1-2,7-10H2,3-5H3/b13-12+. The fourth-order valence-corrected chi connectivity index (χ4v) is 3.04. The van der Waals surface area contributed by atoms with Crippen LogP contribution in [0.15, 0.2) is 36.0 Å². The van der Waals surface area contributed by atoms with Crippen molar-refractivity contribution in [2.45, 2.75) is 40.0 Å². The van der Waals surface area contributed by atoms with Gasteiger partial charge in [-0.05, 0) is 44.4 Å². The molecule has 0 nitrogen and oxygen atoms in total. The average molecular weight is 283 g/mol. The van der Waals surface area contributed by atoms with Crippen LogP contribution in [0.1, 0.15) is 40.0 Å². The number of hydrogen-bond donors (Lipinski definition) is 0. The van der Waals surface area contributed by atoms with Gasteiger partial charge in [-0.3, -0.25) is 0 Å². The summed E-state index contributed by atoms with van der Waals surface area (Å²) < 4.78 is 0. The molecule has 0 spiro atoms. The number of halogens is 1. The van der Waals surface area contributed by atoms with Gasteiger partial charge in [-0.2, -0.15) is 0 Å². The maximum atomic E-state index is 4.16. The Kier molecular flexibility index (Phi) is 4.61. The van der Waals surface area contributed by atoms with Gasteiger partial charge in [0.05, 0.1) is 0 Å². The van der Waals surface area contributed by atoms with E-state index in [9.17, 15) is 0 Å². The molecule has 0 amide bonds. The van der Waals surface area contributed by atoms with E-state index in [0.717, 1.165) is 11.8 Å². The molecule has 1 rings (SSSR count). The second-order valence-corrected chi connectivity index (χ2v) is 5.89. The Morgan fingerprint density at radius 2 is 2.19 bits per heavy atom. The molecule has 0 aliphatic heterocycles. The molecule has 1 saturated carbocycles. The van der Waals surface area contributed by atoms with Crippen LogP contribution in [0, 0.1) is 11.3 Å². The molecular weight excluding hydrogens is 260 g/mol. The van der Waals surface area contributed by atoms with E-state index in [1.54, 1.807) is 5.57 Å². The summed E-state index contributed by atoms with van der Waals surface area (Å²) in [5.41, 5.74) is 4.64. The molecule has 90 valence electrons. The molecule has 0 saturated heterocycles. The molecule has 2 unspecified atom stereocenters. The lowest BCUT2D eigenvalue weighted by Crippen LogP contribution is -2.30. The zero-order valence-electron chi connectivity index (χ0n) is 10.8. The highest BCUT2D eigenvalue weighted by atomic mass is 79.9. The van der Waals surface area contributed by atoms with E-state index in [2.05, 4.69) is 55.9 Å². The molecule has 1 aliphatic rings. The highest BCUT2D eigenvalue weighted by molar-refractivity contribution is 9.09. The largest absolute Gasteiger partial charge is 0.103 e. The summed E-state index contributed by atoms with van der Waals surface area (Å²) in [5, 5.41) is 0.996. The van der Waals surface area contributed by atoms with Gasteiger partial charge in [0, 0.05) is 5.33 Å². The quantitative estimate of drug-likeness (QED) is 0.489. The van der Waals surface area contributed by atoms with Crippen molar-refractivity contribution in [1.82, 2.24) is 0 Å². The third kappa shape index (κ3) is 2.68. The molecule has 0 N–H and O–H groups in total. The zero-order valence-corrected chi connectivity index (χ0v) is 12.4. The van der Waals surface area contributed by atoms with Gasteiger partial charge in [0.15, 0.2) is 0 Å². The number of hydrogen-bond acceptors (Lipinski definition) is 0. The van der Waals surface area contributed by atoms with Crippen LogP contribution in [-0.4, -0.2) is 5.33 Å². The van der Waals surface area contributed by atoms with Gasteiger partial charge in [-0.1, -0.05) is 52.2 Å². The van der Waals surface area contributed by atoms with E-state index in [0.29, 0.717) is 5.92 Å². The van der Waals surface area contributed by atoms with Gasteiger partial charge in [0.1, 0.15) is 0 Å². The minimum atomic E-state index is 0.238. The summed E-state index contributed by atoms with van der Waals surface area (Å²) in [5.74, 6) is 0.558. The topological polar surface area (TPSA) is 0 Å². The third-order valence-electron chi connectivity index (χ3n) is 4.08. The van der Waals surface area contributed by atoms with Crippen LogP contribution in [0.4, 0.5) is 0 Å². The first-order valence-electron chi connectivity index (χ1n) is 5.97. The first-order valence-corrected chi connectivity index (χ1v) is 7.09. The van der Waals surface area contributed by atoms with Crippen LogP contribution in [0.3, 0.4) is 0 Å². The second kappa shape index (κ2) is 5.35. The van der Waals surface area contributed by atoms with Gasteiger partial charge in [-0.25, -0.2) is 0 Å². The summed E-state index contributed by atoms with van der Waals surface area (Å²) in [4.78, 5) is 0. The molecule has 1 fully saturated rings. The zero-order chi connectivity index (χ0) is 12.3. The lowest BCUT2D eigenvalue weighted by Gasteiger charge is -2.41. The van der Waals surface area contributed by atoms with Crippen LogP contribution in [0.25, 0.3) is 0 Å². The molecule has 16 heavy (non-hydrogen) atoms. The van der Waals surface area contributed by atoms with Crippen molar-refractivity contribution >= 4 is 15.9 Å². The third-order valence-corrected chi connectivity index (χ3v) is 4.92. The van der Waals surface area contributed by atoms with Gasteiger partial charge >= 0.3 is 0 Å². The smallest absolute Gasteiger partial charge is 0.0241 e. The molecule has 1 aliphatic carbocycles. The van der Waals surface area contributed by atoms with Crippen molar-refractivity contribution < 1.29 is 0 Å². The fourth-order valence-electron chi connectivity index (χ4n) is 2.64. The first-order chi connectivity index (χ1) is 7.44. The van der Waals surface area contributed by atoms with Crippen molar-refractivity contribution in [2.24, 2.45) is 11.3 Å². The summed E-state index contributed by atoms with van der Waals surface area (Å²) in [6, 6.07) is 0. The Balaban J connectivity index is 2.98. The number of allylic oxidation sites excluding steroid dienone is 4. The number of rotatable bonds is 3. The van der Waals surface area contributed by atoms with Crippen molar-refractivity contribution in [2.75, 3.05) is 5.33 Å². The summed E-state index contributed by atoms with van der Waals surface area (Å²) in [7, 11) is 0. The van der Waals surface area contributed by atoms with Gasteiger partial charge in [-0.15, -0.1) is 6.58 Å². The van der Waals surface area contributed by atoms with E-state index in [1.165, 1.54) is 24.0 Å². The SMILES string of the molecule is C=CC1(C)CC/C(=C(/C)CBr)CC1C(=C)C. The predicted octanol–water partition coefficient (Wildman–Crippen LogP) is 5.27. The van der Waals surface area contributed by atoms with Crippen LogP contribution >= 0.6 is 15.9 Å². The summed E-state index contributed by atoms with van der Waals surface area (Å²) in [6.07, 6.45) is 5.71. The summed E-state index contributed by atoms with van der Waals surface area (Å²) >= 11 is 3.55. The van der Waals surface area contributed by atoms with Crippen LogP contribution in [-0.2, 0) is 0 Å². The molecule has 0 heterocycles.